The molecule has 0 aliphatic rings. The van der Waals surface area contributed by atoms with Gasteiger partial charge in [-0.2, -0.15) is 16.8 Å². The zero-order valence-electron chi connectivity index (χ0n) is 12.8. The van der Waals surface area contributed by atoms with Crippen LogP contribution >= 0.6 is 11.3 Å². The van der Waals surface area contributed by atoms with E-state index in [1.54, 1.807) is 0 Å². The molecule has 0 saturated carbocycles. The van der Waals surface area contributed by atoms with Gasteiger partial charge < -0.3 is 8.37 Å². The Morgan fingerprint density at radius 3 is 2.05 bits per heavy atom. The standard InChI is InChI=1S/C13H22O6S3/c1-3-4-5-6-7-8-9-22(16,17)19-13-11-20-10-12(13)18-21(2,14)15/h10-11H,3-9H2,1-2H3. The first-order valence-electron chi connectivity index (χ1n) is 7.11. The molecule has 1 aromatic rings. The van der Waals surface area contributed by atoms with Crippen molar-refractivity contribution in [3.05, 3.63) is 10.8 Å². The molecule has 0 fully saturated rings. The van der Waals surface area contributed by atoms with Crippen molar-refractivity contribution >= 4 is 31.6 Å². The van der Waals surface area contributed by atoms with Crippen LogP contribution in [0.4, 0.5) is 0 Å². The summed E-state index contributed by atoms with van der Waals surface area (Å²) in [6.07, 6.45) is 6.65. The Morgan fingerprint density at radius 2 is 1.45 bits per heavy atom. The summed E-state index contributed by atoms with van der Waals surface area (Å²) in [4.78, 5) is 0. The third-order valence-corrected chi connectivity index (χ3v) is 5.20. The van der Waals surface area contributed by atoms with E-state index in [1.165, 1.54) is 10.8 Å². The van der Waals surface area contributed by atoms with Gasteiger partial charge in [-0.25, -0.2) is 0 Å². The van der Waals surface area contributed by atoms with Crippen molar-refractivity contribution in [1.29, 1.82) is 0 Å². The minimum atomic E-state index is -3.74. The summed E-state index contributed by atoms with van der Waals surface area (Å²) in [5, 5.41) is 2.79. The molecule has 128 valence electrons. The van der Waals surface area contributed by atoms with E-state index >= 15 is 0 Å². The Balaban J connectivity index is 2.50. The summed E-state index contributed by atoms with van der Waals surface area (Å²) < 4.78 is 55.6. The van der Waals surface area contributed by atoms with Crippen LogP contribution in [0.15, 0.2) is 10.8 Å². The number of rotatable bonds is 11. The van der Waals surface area contributed by atoms with E-state index in [0.29, 0.717) is 6.42 Å². The second kappa shape index (κ2) is 8.73. The van der Waals surface area contributed by atoms with E-state index in [9.17, 15) is 16.8 Å². The van der Waals surface area contributed by atoms with Gasteiger partial charge in [0.1, 0.15) is 0 Å². The molecule has 0 aliphatic carbocycles. The Morgan fingerprint density at radius 1 is 0.909 bits per heavy atom. The highest BCUT2D eigenvalue weighted by Gasteiger charge is 2.19. The number of hydrogen-bond donors (Lipinski definition) is 0. The summed E-state index contributed by atoms with van der Waals surface area (Å²) in [6.45, 7) is 2.12. The third-order valence-electron chi connectivity index (χ3n) is 2.80. The molecular weight excluding hydrogens is 348 g/mol. The van der Waals surface area contributed by atoms with Crippen molar-refractivity contribution in [2.24, 2.45) is 0 Å². The van der Waals surface area contributed by atoms with Crippen molar-refractivity contribution in [2.75, 3.05) is 12.0 Å². The summed E-state index contributed by atoms with van der Waals surface area (Å²) in [5.41, 5.74) is 0. The van der Waals surface area contributed by atoms with Gasteiger partial charge in [0.05, 0.1) is 12.0 Å². The molecule has 0 N–H and O–H groups in total. The lowest BCUT2D eigenvalue weighted by atomic mass is 10.1. The van der Waals surface area contributed by atoms with Gasteiger partial charge in [-0.05, 0) is 6.42 Å². The molecule has 1 aromatic heterocycles. The Labute approximate surface area is 136 Å². The molecule has 0 aliphatic heterocycles. The molecule has 0 aromatic carbocycles. The first-order chi connectivity index (χ1) is 10.2. The highest BCUT2D eigenvalue weighted by Crippen LogP contribution is 2.33. The molecule has 6 nitrogen and oxygen atoms in total. The highest BCUT2D eigenvalue weighted by atomic mass is 32.2. The molecule has 0 atom stereocenters. The van der Waals surface area contributed by atoms with Crippen LogP contribution in [0.25, 0.3) is 0 Å². The summed E-state index contributed by atoms with van der Waals surface area (Å²) in [6, 6.07) is 0. The average Bonchev–Trinajstić information content (AvgIpc) is 2.78. The fourth-order valence-corrected chi connectivity index (χ4v) is 4.06. The van der Waals surface area contributed by atoms with Crippen LogP contribution < -0.4 is 8.37 Å². The van der Waals surface area contributed by atoms with Gasteiger partial charge in [-0.3, -0.25) is 0 Å². The Bertz CT molecular complexity index is 645. The Kier molecular flexibility index (Phi) is 7.64. The predicted octanol–water partition coefficient (Wildman–Crippen LogP) is 3.16. The minimum absolute atomic E-state index is 0.0820. The fourth-order valence-electron chi connectivity index (χ4n) is 1.80. The quantitative estimate of drug-likeness (QED) is 0.439. The van der Waals surface area contributed by atoms with Gasteiger partial charge in [0, 0.05) is 10.8 Å². The van der Waals surface area contributed by atoms with Crippen LogP contribution in [0.1, 0.15) is 45.4 Å². The average molecular weight is 371 g/mol. The van der Waals surface area contributed by atoms with Crippen LogP contribution in [0.5, 0.6) is 11.5 Å². The maximum absolute atomic E-state index is 11.9. The van der Waals surface area contributed by atoms with E-state index in [4.69, 9.17) is 4.18 Å². The summed E-state index contributed by atoms with van der Waals surface area (Å²) in [5.74, 6) is -0.270. The molecule has 0 bridgehead atoms. The lowest BCUT2D eigenvalue weighted by Crippen LogP contribution is -2.14. The largest absolute Gasteiger partial charge is 0.378 e. The van der Waals surface area contributed by atoms with E-state index in [0.717, 1.165) is 49.7 Å². The third kappa shape index (κ3) is 8.00. The van der Waals surface area contributed by atoms with Crippen molar-refractivity contribution < 1.29 is 25.2 Å². The molecule has 22 heavy (non-hydrogen) atoms. The van der Waals surface area contributed by atoms with Crippen LogP contribution in [-0.2, 0) is 20.2 Å². The zero-order chi connectivity index (χ0) is 16.6. The number of hydrogen-bond acceptors (Lipinski definition) is 7. The Hall–Kier alpha value is -0.800. The van der Waals surface area contributed by atoms with Gasteiger partial charge in [0.2, 0.25) is 0 Å². The highest BCUT2D eigenvalue weighted by molar-refractivity contribution is 7.87. The van der Waals surface area contributed by atoms with Crippen molar-refractivity contribution in [3.63, 3.8) is 0 Å². The molecule has 0 radical (unpaired) electrons. The zero-order valence-corrected chi connectivity index (χ0v) is 15.2. The van der Waals surface area contributed by atoms with E-state index in [-0.39, 0.29) is 17.3 Å². The smallest absolute Gasteiger partial charge is 0.309 e. The maximum atomic E-state index is 11.9. The van der Waals surface area contributed by atoms with E-state index < -0.39 is 20.2 Å². The molecule has 0 spiro atoms. The predicted molar refractivity (Wildman–Crippen MR) is 87.6 cm³/mol. The number of thiophene rings is 1. The second-order valence-electron chi connectivity index (χ2n) is 5.00. The van der Waals surface area contributed by atoms with Gasteiger partial charge in [0.15, 0.2) is 11.5 Å². The molecule has 0 amide bonds. The maximum Gasteiger partial charge on any atom is 0.309 e. The lowest BCUT2D eigenvalue weighted by Gasteiger charge is -2.08. The first kappa shape index (κ1) is 19.2. The summed E-state index contributed by atoms with van der Waals surface area (Å²) in [7, 11) is -7.47. The molecular formula is C13H22O6S3. The SMILES string of the molecule is CCCCCCCCS(=O)(=O)Oc1cscc1OS(C)(=O)=O. The van der Waals surface area contributed by atoms with Crippen molar-refractivity contribution in [2.45, 2.75) is 45.4 Å². The van der Waals surface area contributed by atoms with Crippen LogP contribution in [-0.4, -0.2) is 28.8 Å². The van der Waals surface area contributed by atoms with Crippen LogP contribution in [0.3, 0.4) is 0 Å². The van der Waals surface area contributed by atoms with Crippen molar-refractivity contribution in [3.8, 4) is 11.5 Å². The fraction of sp³-hybridized carbons (Fsp3) is 0.692. The van der Waals surface area contributed by atoms with Gasteiger partial charge in [-0.15, -0.1) is 11.3 Å². The minimum Gasteiger partial charge on any atom is -0.378 e. The monoisotopic (exact) mass is 370 g/mol. The lowest BCUT2D eigenvalue weighted by molar-refractivity contribution is 0.453. The van der Waals surface area contributed by atoms with Gasteiger partial charge in [0.25, 0.3) is 0 Å². The van der Waals surface area contributed by atoms with Crippen LogP contribution in [0, 0.1) is 0 Å². The van der Waals surface area contributed by atoms with Gasteiger partial charge in [-0.1, -0.05) is 39.0 Å². The molecule has 1 heterocycles. The van der Waals surface area contributed by atoms with E-state index in [2.05, 4.69) is 11.1 Å². The molecule has 1 rings (SSSR count). The molecule has 9 heteroatoms. The van der Waals surface area contributed by atoms with Crippen LogP contribution in [0.2, 0.25) is 0 Å². The second-order valence-corrected chi connectivity index (χ2v) is 9.01. The van der Waals surface area contributed by atoms with Crippen molar-refractivity contribution in [1.82, 2.24) is 0 Å². The topological polar surface area (TPSA) is 86.7 Å². The normalized spacial score (nSPS) is 12.3. The molecule has 0 unspecified atom stereocenters. The van der Waals surface area contributed by atoms with Gasteiger partial charge >= 0.3 is 20.2 Å². The molecule has 0 saturated heterocycles. The number of unbranched alkanes of at least 4 members (excludes halogenated alkanes) is 5. The van der Waals surface area contributed by atoms with E-state index in [1.807, 2.05) is 0 Å². The first-order valence-corrected chi connectivity index (χ1v) is 11.4. The summed E-state index contributed by atoms with van der Waals surface area (Å²) >= 11 is 1.11.